The number of azide groups is 1. The van der Waals surface area contributed by atoms with Crippen LogP contribution < -0.4 is 0 Å². The van der Waals surface area contributed by atoms with Gasteiger partial charge < -0.3 is 0 Å². The molecule has 0 bridgehead atoms. The minimum atomic E-state index is -0.654. The Kier molecular flexibility index (Phi) is 3.11. The van der Waals surface area contributed by atoms with E-state index in [2.05, 4.69) is 10.0 Å². The third-order valence-corrected chi connectivity index (χ3v) is 3.29. The highest BCUT2D eigenvalue weighted by Gasteiger charge is 2.34. The highest BCUT2D eigenvalue weighted by molar-refractivity contribution is 5.27. The quantitative estimate of drug-likeness (QED) is 0.404. The third-order valence-electron chi connectivity index (χ3n) is 3.29. The van der Waals surface area contributed by atoms with Crippen molar-refractivity contribution in [1.29, 1.82) is 0 Å². The van der Waals surface area contributed by atoms with E-state index < -0.39 is 5.54 Å². The van der Waals surface area contributed by atoms with Gasteiger partial charge in [0.05, 0.1) is 5.54 Å². The van der Waals surface area contributed by atoms with E-state index in [-0.39, 0.29) is 5.82 Å². The Bertz CT molecular complexity index is 418. The summed E-state index contributed by atoms with van der Waals surface area (Å²) in [5.74, 6) is -0.267. The minimum Gasteiger partial charge on any atom is -0.207 e. The Hall–Kier alpha value is -1.54. The lowest BCUT2D eigenvalue weighted by Crippen LogP contribution is -2.27. The smallest absolute Gasteiger partial charge is 0.127 e. The van der Waals surface area contributed by atoms with E-state index in [1.807, 2.05) is 0 Å². The zero-order chi connectivity index (χ0) is 11.4. The van der Waals surface area contributed by atoms with Crippen LogP contribution in [0.4, 0.5) is 4.39 Å². The SMILES string of the molecule is [N-]=[N+]=NC1(c2ccccc2F)CCCCC1. The van der Waals surface area contributed by atoms with Crippen LogP contribution in [0, 0.1) is 5.82 Å². The molecule has 1 aromatic rings. The average Bonchev–Trinajstić information content (AvgIpc) is 2.31. The largest absolute Gasteiger partial charge is 0.207 e. The molecule has 0 unspecified atom stereocenters. The highest BCUT2D eigenvalue weighted by Crippen LogP contribution is 2.41. The van der Waals surface area contributed by atoms with E-state index in [0.717, 1.165) is 32.1 Å². The van der Waals surface area contributed by atoms with Crippen molar-refractivity contribution in [1.82, 2.24) is 0 Å². The molecule has 0 spiro atoms. The summed E-state index contributed by atoms with van der Waals surface area (Å²) in [6, 6.07) is 6.61. The Labute approximate surface area is 93.9 Å². The summed E-state index contributed by atoms with van der Waals surface area (Å²) in [4.78, 5) is 2.91. The van der Waals surface area contributed by atoms with Gasteiger partial charge in [0, 0.05) is 4.91 Å². The van der Waals surface area contributed by atoms with Crippen molar-refractivity contribution in [3.63, 3.8) is 0 Å². The summed E-state index contributed by atoms with van der Waals surface area (Å²) >= 11 is 0. The van der Waals surface area contributed by atoms with Gasteiger partial charge in [0.15, 0.2) is 0 Å². The van der Waals surface area contributed by atoms with Gasteiger partial charge in [-0.2, -0.15) is 0 Å². The molecular formula is C12H14FN3. The second-order valence-electron chi connectivity index (χ2n) is 4.26. The van der Waals surface area contributed by atoms with Crippen LogP contribution in [0.25, 0.3) is 10.4 Å². The molecule has 84 valence electrons. The zero-order valence-electron chi connectivity index (χ0n) is 9.06. The summed E-state index contributed by atoms with van der Waals surface area (Å²) in [6.45, 7) is 0. The third kappa shape index (κ3) is 1.89. The van der Waals surface area contributed by atoms with Crippen molar-refractivity contribution < 1.29 is 4.39 Å². The fourth-order valence-corrected chi connectivity index (χ4v) is 2.48. The van der Waals surface area contributed by atoms with E-state index in [4.69, 9.17) is 5.53 Å². The van der Waals surface area contributed by atoms with E-state index in [1.54, 1.807) is 18.2 Å². The number of hydrogen-bond donors (Lipinski definition) is 0. The van der Waals surface area contributed by atoms with Gasteiger partial charge >= 0.3 is 0 Å². The maximum Gasteiger partial charge on any atom is 0.127 e. The summed E-state index contributed by atoms with van der Waals surface area (Å²) in [5, 5.41) is 3.89. The predicted molar refractivity (Wildman–Crippen MR) is 60.3 cm³/mol. The molecule has 1 aliphatic carbocycles. The van der Waals surface area contributed by atoms with E-state index in [0.29, 0.717) is 5.56 Å². The first-order valence-electron chi connectivity index (χ1n) is 5.60. The summed E-state index contributed by atoms with van der Waals surface area (Å²) in [7, 11) is 0. The van der Waals surface area contributed by atoms with Gasteiger partial charge in [0.2, 0.25) is 0 Å². The molecule has 0 aliphatic heterocycles. The van der Waals surface area contributed by atoms with Crippen LogP contribution in [0.5, 0.6) is 0 Å². The fraction of sp³-hybridized carbons (Fsp3) is 0.500. The lowest BCUT2D eigenvalue weighted by molar-refractivity contribution is 0.292. The van der Waals surface area contributed by atoms with Crippen LogP contribution in [0.2, 0.25) is 0 Å². The lowest BCUT2D eigenvalue weighted by atomic mass is 9.77. The molecule has 0 atom stereocenters. The lowest BCUT2D eigenvalue weighted by Gasteiger charge is -2.33. The van der Waals surface area contributed by atoms with Crippen LogP contribution >= 0.6 is 0 Å². The number of hydrogen-bond acceptors (Lipinski definition) is 1. The molecule has 0 saturated heterocycles. The van der Waals surface area contributed by atoms with Crippen molar-refractivity contribution in [2.24, 2.45) is 5.11 Å². The van der Waals surface area contributed by atoms with Gasteiger partial charge in [0.25, 0.3) is 0 Å². The molecule has 1 saturated carbocycles. The molecule has 3 nitrogen and oxygen atoms in total. The Morgan fingerprint density at radius 1 is 1.19 bits per heavy atom. The monoisotopic (exact) mass is 219 g/mol. The van der Waals surface area contributed by atoms with Gasteiger partial charge in [-0.1, -0.05) is 42.6 Å². The van der Waals surface area contributed by atoms with E-state index in [1.165, 1.54) is 6.07 Å². The summed E-state index contributed by atoms with van der Waals surface area (Å²) in [5.41, 5.74) is 8.57. The molecule has 1 aromatic carbocycles. The van der Waals surface area contributed by atoms with Crippen molar-refractivity contribution in [3.8, 4) is 0 Å². The number of halogens is 1. The maximum atomic E-state index is 13.8. The van der Waals surface area contributed by atoms with Gasteiger partial charge in [-0.05, 0) is 30.0 Å². The zero-order valence-corrected chi connectivity index (χ0v) is 9.06. The Morgan fingerprint density at radius 3 is 2.50 bits per heavy atom. The molecule has 0 heterocycles. The first-order chi connectivity index (χ1) is 7.78. The van der Waals surface area contributed by atoms with E-state index >= 15 is 0 Å². The van der Waals surface area contributed by atoms with Crippen molar-refractivity contribution in [2.45, 2.75) is 37.6 Å². The predicted octanol–water partition coefficient (Wildman–Crippen LogP) is 4.30. The molecule has 4 heteroatoms. The molecule has 0 aromatic heterocycles. The summed E-state index contributed by atoms with van der Waals surface area (Å²) in [6.07, 6.45) is 4.62. The Morgan fingerprint density at radius 2 is 1.88 bits per heavy atom. The molecule has 0 N–H and O–H groups in total. The molecule has 0 radical (unpaired) electrons. The van der Waals surface area contributed by atoms with Crippen LogP contribution in [-0.4, -0.2) is 0 Å². The normalized spacial score (nSPS) is 18.8. The fourth-order valence-electron chi connectivity index (χ4n) is 2.48. The molecule has 0 amide bonds. The second kappa shape index (κ2) is 4.54. The number of benzene rings is 1. The van der Waals surface area contributed by atoms with Gasteiger partial charge in [-0.3, -0.25) is 0 Å². The van der Waals surface area contributed by atoms with Crippen molar-refractivity contribution in [3.05, 3.63) is 46.1 Å². The van der Waals surface area contributed by atoms with Crippen LogP contribution in [0.1, 0.15) is 37.7 Å². The van der Waals surface area contributed by atoms with Gasteiger partial charge in [0.1, 0.15) is 5.82 Å². The highest BCUT2D eigenvalue weighted by atomic mass is 19.1. The first kappa shape index (κ1) is 11.0. The molecule has 2 rings (SSSR count). The number of rotatable bonds is 2. The topological polar surface area (TPSA) is 48.8 Å². The Balaban J connectivity index is 2.46. The number of nitrogens with zero attached hydrogens (tertiary/aromatic N) is 3. The van der Waals surface area contributed by atoms with Crippen LogP contribution in [-0.2, 0) is 5.54 Å². The molecule has 1 fully saturated rings. The average molecular weight is 219 g/mol. The molecule has 16 heavy (non-hydrogen) atoms. The molecular weight excluding hydrogens is 205 g/mol. The van der Waals surface area contributed by atoms with Gasteiger partial charge in [-0.25, -0.2) is 4.39 Å². The standard InChI is InChI=1S/C12H14FN3/c13-11-7-3-2-6-10(11)12(15-16-14)8-4-1-5-9-12/h2-3,6-7H,1,4-5,8-9H2. The van der Waals surface area contributed by atoms with Gasteiger partial charge in [-0.15, -0.1) is 0 Å². The van der Waals surface area contributed by atoms with Crippen molar-refractivity contribution in [2.75, 3.05) is 0 Å². The van der Waals surface area contributed by atoms with E-state index in [9.17, 15) is 4.39 Å². The second-order valence-corrected chi connectivity index (χ2v) is 4.26. The van der Waals surface area contributed by atoms with Crippen LogP contribution in [0.3, 0.4) is 0 Å². The minimum absolute atomic E-state index is 0.267. The molecule has 1 aliphatic rings. The summed E-state index contributed by atoms with van der Waals surface area (Å²) < 4.78 is 13.8. The van der Waals surface area contributed by atoms with Crippen molar-refractivity contribution >= 4 is 0 Å². The maximum absolute atomic E-state index is 13.8. The first-order valence-corrected chi connectivity index (χ1v) is 5.60. The van der Waals surface area contributed by atoms with Crippen LogP contribution in [0.15, 0.2) is 29.4 Å².